The first-order valence-corrected chi connectivity index (χ1v) is 12.4. The number of aliphatic hydroxyl groups excluding tert-OH is 2. The quantitative estimate of drug-likeness (QED) is 0.536. The molecule has 4 rings (SSSR count). The van der Waals surface area contributed by atoms with E-state index in [9.17, 15) is 10.2 Å². The van der Waals surface area contributed by atoms with Gasteiger partial charge >= 0.3 is 0 Å². The summed E-state index contributed by atoms with van der Waals surface area (Å²) in [6.45, 7) is 11.8. The van der Waals surface area contributed by atoms with Crippen LogP contribution in [-0.2, 0) is 0 Å². The summed E-state index contributed by atoms with van der Waals surface area (Å²) in [4.78, 5) is 0. The van der Waals surface area contributed by atoms with Crippen molar-refractivity contribution in [1.82, 2.24) is 0 Å². The van der Waals surface area contributed by atoms with Crippen molar-refractivity contribution in [2.45, 2.75) is 111 Å². The van der Waals surface area contributed by atoms with Gasteiger partial charge in [0.2, 0.25) is 0 Å². The molecule has 0 spiro atoms. The molecule has 0 saturated heterocycles. The Morgan fingerprint density at radius 2 is 1.72 bits per heavy atom. The summed E-state index contributed by atoms with van der Waals surface area (Å²) in [7, 11) is 0. The van der Waals surface area contributed by atoms with Crippen LogP contribution in [0.1, 0.15) is 98.8 Å². The first kappa shape index (κ1) is 21.6. The second-order valence-corrected chi connectivity index (χ2v) is 11.8. The third-order valence-electron chi connectivity index (χ3n) is 10.0. The van der Waals surface area contributed by atoms with E-state index < -0.39 is 0 Å². The topological polar surface area (TPSA) is 40.5 Å². The Hall–Kier alpha value is -0.600. The van der Waals surface area contributed by atoms with Crippen molar-refractivity contribution in [3.05, 3.63) is 22.8 Å². The zero-order valence-corrected chi connectivity index (χ0v) is 19.5. The predicted molar refractivity (Wildman–Crippen MR) is 120 cm³/mol. The Morgan fingerprint density at radius 3 is 2.45 bits per heavy atom. The number of fused-ring (bicyclic) bond motifs is 5. The summed E-state index contributed by atoms with van der Waals surface area (Å²) in [5, 5.41) is 21.4. The van der Waals surface area contributed by atoms with Crippen molar-refractivity contribution in [3.63, 3.8) is 0 Å². The third kappa shape index (κ3) is 3.57. The zero-order chi connectivity index (χ0) is 21.0. The highest BCUT2D eigenvalue weighted by molar-refractivity contribution is 5.29. The number of allylic oxidation sites excluding steroid dienone is 4. The molecule has 0 aromatic rings. The minimum atomic E-state index is -0.217. The van der Waals surface area contributed by atoms with E-state index in [4.69, 9.17) is 0 Å². The zero-order valence-electron chi connectivity index (χ0n) is 19.5. The fourth-order valence-corrected chi connectivity index (χ4v) is 8.52. The maximum atomic E-state index is 11.1. The van der Waals surface area contributed by atoms with Crippen LogP contribution in [-0.4, -0.2) is 22.4 Å². The summed E-state index contributed by atoms with van der Waals surface area (Å²) in [6.07, 6.45) is 13.4. The van der Waals surface area contributed by atoms with Crippen LogP contribution >= 0.6 is 0 Å². The molecule has 0 bridgehead atoms. The van der Waals surface area contributed by atoms with Crippen LogP contribution in [0.25, 0.3) is 0 Å². The molecule has 164 valence electrons. The molecule has 2 N–H and O–H groups in total. The number of hydrogen-bond acceptors (Lipinski definition) is 2. The molecule has 29 heavy (non-hydrogen) atoms. The van der Waals surface area contributed by atoms with Crippen LogP contribution in [0.4, 0.5) is 0 Å². The molecule has 0 amide bonds. The highest BCUT2D eigenvalue weighted by Gasteiger charge is 2.61. The molecule has 0 aliphatic heterocycles. The molecule has 0 radical (unpaired) electrons. The number of rotatable bonds is 3. The van der Waals surface area contributed by atoms with E-state index in [0.717, 1.165) is 37.5 Å². The Balaban J connectivity index is 1.58. The van der Waals surface area contributed by atoms with Crippen molar-refractivity contribution in [2.75, 3.05) is 0 Å². The van der Waals surface area contributed by atoms with Gasteiger partial charge in [0.1, 0.15) is 0 Å². The van der Waals surface area contributed by atoms with Crippen molar-refractivity contribution in [2.24, 2.45) is 34.5 Å². The Labute approximate surface area is 178 Å². The maximum Gasteiger partial charge on any atom is 0.0577 e. The lowest BCUT2D eigenvalue weighted by Crippen LogP contribution is -2.57. The maximum absolute atomic E-state index is 11.1. The monoisotopic (exact) mass is 400 g/mol. The predicted octanol–water partition coefficient (Wildman–Crippen LogP) is 6.42. The normalized spacial score (nSPS) is 48.4. The fourth-order valence-electron chi connectivity index (χ4n) is 8.52. The van der Waals surface area contributed by atoms with Gasteiger partial charge < -0.3 is 10.2 Å². The Bertz CT molecular complexity index is 687. The Morgan fingerprint density at radius 1 is 0.966 bits per heavy atom. The highest BCUT2D eigenvalue weighted by Crippen LogP contribution is 2.67. The molecular weight excluding hydrogens is 356 g/mol. The van der Waals surface area contributed by atoms with Crippen molar-refractivity contribution < 1.29 is 10.2 Å². The van der Waals surface area contributed by atoms with Crippen LogP contribution in [0.15, 0.2) is 22.8 Å². The lowest BCUT2D eigenvalue weighted by Gasteiger charge is -2.61. The molecule has 4 saturated carbocycles. The second-order valence-electron chi connectivity index (χ2n) is 11.8. The SMILES string of the molecule is CC(C)=CCC/C(C)=C1\CCC2C3CC(O)C4CC(O)CCC4(C)C3CCC12C. The summed E-state index contributed by atoms with van der Waals surface area (Å²) in [6, 6.07) is 0. The van der Waals surface area contributed by atoms with Gasteiger partial charge in [-0.1, -0.05) is 36.6 Å². The van der Waals surface area contributed by atoms with Gasteiger partial charge in [-0.2, -0.15) is 0 Å². The molecule has 4 aliphatic carbocycles. The first-order chi connectivity index (χ1) is 13.7. The van der Waals surface area contributed by atoms with Gasteiger partial charge in [0.15, 0.2) is 0 Å². The molecule has 0 aromatic carbocycles. The number of hydrogen-bond donors (Lipinski definition) is 2. The molecule has 4 fully saturated rings. The minimum absolute atomic E-state index is 0.197. The molecule has 8 atom stereocenters. The van der Waals surface area contributed by atoms with Crippen LogP contribution in [0, 0.1) is 34.5 Å². The average Bonchev–Trinajstić information content (AvgIpc) is 3.00. The van der Waals surface area contributed by atoms with Crippen LogP contribution in [0.2, 0.25) is 0 Å². The lowest BCUT2D eigenvalue weighted by atomic mass is 9.44. The molecule has 2 nitrogen and oxygen atoms in total. The van der Waals surface area contributed by atoms with Gasteiger partial charge in [0.05, 0.1) is 12.2 Å². The molecule has 4 aliphatic rings. The standard InChI is InChI=1S/C27H44O2/c1-17(2)7-6-8-18(3)21-9-10-22-20-16-25(29)24-15-19(28)11-13-27(24,5)23(20)12-14-26(21,22)4/h7,19-20,22-25,28-29H,6,8-16H2,1-5H3/b21-18+. The molecular formula is C27H44O2. The van der Waals surface area contributed by atoms with Gasteiger partial charge in [-0.05, 0) is 119 Å². The van der Waals surface area contributed by atoms with Gasteiger partial charge in [0.25, 0.3) is 0 Å². The van der Waals surface area contributed by atoms with Crippen LogP contribution in [0.3, 0.4) is 0 Å². The minimum Gasteiger partial charge on any atom is -0.393 e. The van der Waals surface area contributed by atoms with E-state index in [1.54, 1.807) is 11.1 Å². The second kappa shape index (κ2) is 7.83. The van der Waals surface area contributed by atoms with Crippen molar-refractivity contribution in [3.8, 4) is 0 Å². The molecule has 2 heteroatoms. The van der Waals surface area contributed by atoms with Gasteiger partial charge in [-0.25, -0.2) is 0 Å². The molecule has 0 heterocycles. The third-order valence-corrected chi connectivity index (χ3v) is 10.0. The van der Waals surface area contributed by atoms with E-state index in [1.165, 1.54) is 44.1 Å². The molecule has 0 aromatic heterocycles. The largest absolute Gasteiger partial charge is 0.393 e. The fraction of sp³-hybridized carbons (Fsp3) is 0.852. The van der Waals surface area contributed by atoms with Crippen LogP contribution in [0.5, 0.6) is 0 Å². The first-order valence-electron chi connectivity index (χ1n) is 12.4. The number of aliphatic hydroxyl groups is 2. The van der Waals surface area contributed by atoms with E-state index in [1.807, 2.05) is 0 Å². The Kier molecular flexibility index (Phi) is 5.84. The summed E-state index contributed by atoms with van der Waals surface area (Å²) in [5.74, 6) is 2.46. The van der Waals surface area contributed by atoms with E-state index in [0.29, 0.717) is 17.3 Å². The van der Waals surface area contributed by atoms with E-state index in [-0.39, 0.29) is 17.6 Å². The van der Waals surface area contributed by atoms with Crippen molar-refractivity contribution in [1.29, 1.82) is 0 Å². The van der Waals surface area contributed by atoms with Gasteiger partial charge in [0, 0.05) is 0 Å². The highest BCUT2D eigenvalue weighted by atomic mass is 16.3. The van der Waals surface area contributed by atoms with E-state index >= 15 is 0 Å². The molecule has 8 unspecified atom stereocenters. The smallest absolute Gasteiger partial charge is 0.0577 e. The van der Waals surface area contributed by atoms with Crippen LogP contribution < -0.4 is 0 Å². The van der Waals surface area contributed by atoms with Gasteiger partial charge in [-0.15, -0.1) is 0 Å². The lowest BCUT2D eigenvalue weighted by molar-refractivity contribution is -0.164. The summed E-state index contributed by atoms with van der Waals surface area (Å²) < 4.78 is 0. The van der Waals surface area contributed by atoms with Crippen molar-refractivity contribution >= 4 is 0 Å². The summed E-state index contributed by atoms with van der Waals surface area (Å²) in [5.41, 5.74) is 5.42. The average molecular weight is 401 g/mol. The summed E-state index contributed by atoms with van der Waals surface area (Å²) >= 11 is 0. The van der Waals surface area contributed by atoms with E-state index in [2.05, 4.69) is 40.7 Å². The van der Waals surface area contributed by atoms with Gasteiger partial charge in [-0.3, -0.25) is 0 Å².